The van der Waals surface area contributed by atoms with Crippen LogP contribution in [-0.4, -0.2) is 38.7 Å². The van der Waals surface area contributed by atoms with E-state index in [9.17, 15) is 25.1 Å². The van der Waals surface area contributed by atoms with E-state index in [0.29, 0.717) is 0 Å². The molecule has 0 saturated heterocycles. The number of pyridine rings is 1. The van der Waals surface area contributed by atoms with Crippen molar-refractivity contribution in [2.24, 2.45) is 0 Å². The number of nitrogens with zero attached hydrogens (tertiary/aromatic N) is 2. The predicted molar refractivity (Wildman–Crippen MR) is 65.3 cm³/mol. The number of hydrogen-bond acceptors (Lipinski definition) is 6. The molecule has 19 heavy (non-hydrogen) atoms. The number of nitrogens with one attached hydrogen (secondary N) is 1. The Bertz CT molecular complexity index is 491. The minimum absolute atomic E-state index is 0.112. The van der Waals surface area contributed by atoms with Gasteiger partial charge in [0.05, 0.1) is 10.6 Å². The van der Waals surface area contributed by atoms with Crippen LogP contribution in [0, 0.1) is 17.0 Å². The summed E-state index contributed by atoms with van der Waals surface area (Å²) in [6, 6.07) is 2.48. The molecule has 0 aromatic carbocycles. The van der Waals surface area contributed by atoms with Gasteiger partial charge in [0, 0.05) is 19.5 Å². The molecule has 0 saturated carbocycles. The van der Waals surface area contributed by atoms with Gasteiger partial charge in [0.25, 0.3) is 5.69 Å². The first-order valence-corrected chi connectivity index (χ1v) is 5.55. The second kappa shape index (κ2) is 6.21. The number of aliphatic hydroxyl groups is 2. The third-order valence-electron chi connectivity index (χ3n) is 2.50. The van der Waals surface area contributed by atoms with E-state index in [2.05, 4.69) is 10.3 Å². The fourth-order valence-electron chi connectivity index (χ4n) is 1.49. The van der Waals surface area contributed by atoms with Crippen molar-refractivity contribution in [1.82, 2.24) is 10.3 Å². The number of hydrogen-bond donors (Lipinski definition) is 3. The van der Waals surface area contributed by atoms with Crippen LogP contribution in [0.1, 0.15) is 24.4 Å². The van der Waals surface area contributed by atoms with E-state index in [0.717, 1.165) is 0 Å². The molecular formula is C11H15N3O5. The molecule has 0 bridgehead atoms. The Labute approximate surface area is 109 Å². The molecule has 8 heteroatoms. The topological polar surface area (TPSA) is 126 Å². The zero-order valence-electron chi connectivity index (χ0n) is 10.5. The average molecular weight is 269 g/mol. The van der Waals surface area contributed by atoms with Crippen LogP contribution in [0.3, 0.4) is 0 Å². The van der Waals surface area contributed by atoms with Crippen LogP contribution in [0.15, 0.2) is 12.1 Å². The average Bonchev–Trinajstić information content (AvgIpc) is 2.34. The van der Waals surface area contributed by atoms with Crippen molar-refractivity contribution >= 4 is 11.6 Å². The molecule has 1 aromatic heterocycles. The summed E-state index contributed by atoms with van der Waals surface area (Å²) in [5, 5.41) is 32.4. The Kier molecular flexibility index (Phi) is 4.90. The molecule has 1 rings (SSSR count). The van der Waals surface area contributed by atoms with Gasteiger partial charge in [0.2, 0.25) is 5.91 Å². The summed E-state index contributed by atoms with van der Waals surface area (Å²) in [4.78, 5) is 24.6. The summed E-state index contributed by atoms with van der Waals surface area (Å²) < 4.78 is 0. The van der Waals surface area contributed by atoms with Gasteiger partial charge in [0.1, 0.15) is 17.9 Å². The first-order chi connectivity index (χ1) is 8.82. The molecule has 1 amide bonds. The van der Waals surface area contributed by atoms with Gasteiger partial charge in [-0.2, -0.15) is 0 Å². The van der Waals surface area contributed by atoms with Crippen LogP contribution in [0.2, 0.25) is 0 Å². The molecule has 2 atom stereocenters. The summed E-state index contributed by atoms with van der Waals surface area (Å²) in [5.74, 6) is -0.334. The van der Waals surface area contributed by atoms with Gasteiger partial charge in [0.15, 0.2) is 0 Å². The standard InChI is InChI=1S/C11H15N3O5/c1-6-9(14(18)19)4-3-8(13-6)11(17)10(16)5-12-7(2)15/h3-4,10-11,16-17H,5H2,1-2H3,(H,12,15). The SMILES string of the molecule is CC(=O)NCC(O)C(O)c1ccc([N+](=O)[O-])c(C)n1. The van der Waals surface area contributed by atoms with Gasteiger partial charge in [-0.1, -0.05) is 0 Å². The number of carbonyl (C=O) groups is 1. The van der Waals surface area contributed by atoms with Gasteiger partial charge in [-0.15, -0.1) is 0 Å². The van der Waals surface area contributed by atoms with E-state index in [4.69, 9.17) is 0 Å². The van der Waals surface area contributed by atoms with E-state index in [1.165, 1.54) is 26.0 Å². The second-order valence-electron chi connectivity index (χ2n) is 4.05. The molecule has 0 radical (unpaired) electrons. The summed E-state index contributed by atoms with van der Waals surface area (Å²) in [7, 11) is 0. The quantitative estimate of drug-likeness (QED) is 0.503. The molecule has 0 aliphatic heterocycles. The van der Waals surface area contributed by atoms with Crippen molar-refractivity contribution in [2.45, 2.75) is 26.1 Å². The van der Waals surface area contributed by atoms with E-state index >= 15 is 0 Å². The highest BCUT2D eigenvalue weighted by molar-refractivity contribution is 5.72. The first-order valence-electron chi connectivity index (χ1n) is 5.55. The lowest BCUT2D eigenvalue weighted by atomic mass is 10.1. The molecule has 0 aliphatic rings. The summed E-state index contributed by atoms with van der Waals surface area (Å²) in [6.07, 6.45) is -2.57. The van der Waals surface area contributed by atoms with Gasteiger partial charge < -0.3 is 15.5 Å². The lowest BCUT2D eigenvalue weighted by Gasteiger charge is -2.17. The highest BCUT2D eigenvalue weighted by Crippen LogP contribution is 2.20. The molecule has 0 fully saturated rings. The maximum Gasteiger partial charge on any atom is 0.290 e. The van der Waals surface area contributed by atoms with Gasteiger partial charge >= 0.3 is 0 Å². The van der Waals surface area contributed by atoms with Gasteiger partial charge in [-0.05, 0) is 13.0 Å². The van der Waals surface area contributed by atoms with Gasteiger partial charge in [-0.3, -0.25) is 14.9 Å². The Morgan fingerprint density at radius 1 is 1.53 bits per heavy atom. The highest BCUT2D eigenvalue weighted by atomic mass is 16.6. The Balaban J connectivity index is 2.82. The highest BCUT2D eigenvalue weighted by Gasteiger charge is 2.22. The number of aryl methyl sites for hydroxylation is 1. The number of aromatic nitrogens is 1. The normalized spacial score (nSPS) is 13.7. The fraction of sp³-hybridized carbons (Fsp3) is 0.455. The first kappa shape index (κ1) is 15.0. The van der Waals surface area contributed by atoms with E-state index < -0.39 is 17.1 Å². The molecule has 8 nitrogen and oxygen atoms in total. The van der Waals surface area contributed by atoms with E-state index in [-0.39, 0.29) is 29.5 Å². The van der Waals surface area contributed by atoms with Gasteiger partial charge in [-0.25, -0.2) is 4.98 Å². The lowest BCUT2D eigenvalue weighted by Crippen LogP contribution is -2.34. The van der Waals surface area contributed by atoms with Crippen molar-refractivity contribution in [3.63, 3.8) is 0 Å². The number of carbonyl (C=O) groups excluding carboxylic acids is 1. The zero-order valence-corrected chi connectivity index (χ0v) is 10.5. The van der Waals surface area contributed by atoms with Crippen molar-refractivity contribution in [3.8, 4) is 0 Å². The van der Waals surface area contributed by atoms with Crippen LogP contribution in [0.25, 0.3) is 0 Å². The third kappa shape index (κ3) is 3.97. The van der Waals surface area contributed by atoms with E-state index in [1.54, 1.807) is 0 Å². The van der Waals surface area contributed by atoms with Crippen LogP contribution in [0.5, 0.6) is 0 Å². The number of rotatable bonds is 5. The Morgan fingerprint density at radius 3 is 2.63 bits per heavy atom. The molecule has 0 aliphatic carbocycles. The summed E-state index contributed by atoms with van der Waals surface area (Å²) >= 11 is 0. The predicted octanol–water partition coefficient (Wildman–Crippen LogP) is -0.171. The molecule has 2 unspecified atom stereocenters. The zero-order chi connectivity index (χ0) is 14.6. The molecule has 3 N–H and O–H groups in total. The second-order valence-corrected chi connectivity index (χ2v) is 4.05. The minimum Gasteiger partial charge on any atom is -0.388 e. The fourth-order valence-corrected chi connectivity index (χ4v) is 1.49. The summed E-state index contributed by atoms with van der Waals surface area (Å²) in [5.41, 5.74) is 0.0986. The molecule has 104 valence electrons. The van der Waals surface area contributed by atoms with Crippen LogP contribution >= 0.6 is 0 Å². The smallest absolute Gasteiger partial charge is 0.290 e. The molecule has 0 spiro atoms. The van der Waals surface area contributed by atoms with Crippen LogP contribution in [-0.2, 0) is 4.79 Å². The maximum atomic E-state index is 10.7. The van der Waals surface area contributed by atoms with Crippen molar-refractivity contribution in [1.29, 1.82) is 0 Å². The third-order valence-corrected chi connectivity index (χ3v) is 2.50. The van der Waals surface area contributed by atoms with Crippen molar-refractivity contribution < 1.29 is 19.9 Å². The van der Waals surface area contributed by atoms with Crippen LogP contribution in [0.4, 0.5) is 5.69 Å². The monoisotopic (exact) mass is 269 g/mol. The molecule has 1 heterocycles. The van der Waals surface area contributed by atoms with E-state index in [1.807, 2.05) is 0 Å². The number of aliphatic hydroxyl groups excluding tert-OH is 2. The van der Waals surface area contributed by atoms with Crippen LogP contribution < -0.4 is 5.32 Å². The number of nitro groups is 1. The van der Waals surface area contributed by atoms with Crippen molar-refractivity contribution in [3.05, 3.63) is 33.6 Å². The Morgan fingerprint density at radius 2 is 2.16 bits per heavy atom. The summed E-state index contributed by atoms with van der Waals surface area (Å²) in [6.45, 7) is 2.59. The Hall–Kier alpha value is -2.06. The lowest BCUT2D eigenvalue weighted by molar-refractivity contribution is -0.385. The molecular weight excluding hydrogens is 254 g/mol. The van der Waals surface area contributed by atoms with Crippen molar-refractivity contribution in [2.75, 3.05) is 6.54 Å². The maximum absolute atomic E-state index is 10.7. The number of amides is 1. The molecule has 1 aromatic rings. The minimum atomic E-state index is -1.33. The largest absolute Gasteiger partial charge is 0.388 e.